The predicted octanol–water partition coefficient (Wildman–Crippen LogP) is 6.14. The van der Waals surface area contributed by atoms with E-state index in [4.69, 9.17) is 9.47 Å². The molecular formula is C33H33N3O6S. The number of carboxylic acids is 1. The van der Waals surface area contributed by atoms with Crippen molar-refractivity contribution >= 4 is 29.4 Å². The highest BCUT2D eigenvalue weighted by atomic mass is 32.2. The van der Waals surface area contributed by atoms with Crippen LogP contribution >= 0.6 is 11.8 Å². The second kappa shape index (κ2) is 14.3. The van der Waals surface area contributed by atoms with Gasteiger partial charge in [-0.1, -0.05) is 66.7 Å². The van der Waals surface area contributed by atoms with E-state index in [0.29, 0.717) is 23.0 Å². The summed E-state index contributed by atoms with van der Waals surface area (Å²) in [5.41, 5.74) is 4.15. The van der Waals surface area contributed by atoms with Crippen molar-refractivity contribution in [2.75, 3.05) is 17.6 Å². The number of urea groups is 1. The fourth-order valence-electron chi connectivity index (χ4n) is 5.08. The number of thioether (sulfide) groups is 1. The number of hydrogen-bond acceptors (Lipinski definition) is 7. The van der Waals surface area contributed by atoms with Crippen LogP contribution in [0.25, 0.3) is 0 Å². The van der Waals surface area contributed by atoms with Crippen LogP contribution < -0.4 is 10.6 Å². The third kappa shape index (κ3) is 7.41. The predicted molar refractivity (Wildman–Crippen MR) is 164 cm³/mol. The van der Waals surface area contributed by atoms with Crippen molar-refractivity contribution < 1.29 is 29.3 Å². The van der Waals surface area contributed by atoms with E-state index in [1.165, 1.54) is 11.8 Å². The fraction of sp³-hybridized carbons (Fsp3) is 0.242. The highest BCUT2D eigenvalue weighted by Gasteiger charge is 2.42. The first-order chi connectivity index (χ1) is 21.0. The van der Waals surface area contributed by atoms with E-state index in [1.807, 2.05) is 79.7 Å². The monoisotopic (exact) mass is 599 g/mol. The molecule has 0 bridgehead atoms. The largest absolute Gasteiger partial charge is 0.478 e. The van der Waals surface area contributed by atoms with Crippen LogP contribution in [-0.2, 0) is 16.1 Å². The number of anilines is 1. The van der Waals surface area contributed by atoms with Crippen LogP contribution in [0.2, 0.25) is 0 Å². The maximum absolute atomic E-state index is 12.2. The molecule has 4 aromatic rings. The molecule has 5 rings (SSSR count). The number of aliphatic hydroxyl groups is 1. The van der Waals surface area contributed by atoms with Gasteiger partial charge in [0.1, 0.15) is 5.03 Å². The zero-order valence-corrected chi connectivity index (χ0v) is 24.4. The van der Waals surface area contributed by atoms with Gasteiger partial charge in [0.05, 0.1) is 24.4 Å². The molecule has 1 aliphatic rings. The Bertz CT molecular complexity index is 1540. The molecule has 1 fully saturated rings. The summed E-state index contributed by atoms with van der Waals surface area (Å²) in [6.07, 6.45) is -0.0678. The minimum absolute atomic E-state index is 0.0691. The average molecular weight is 600 g/mol. The Morgan fingerprint density at radius 3 is 2.40 bits per heavy atom. The highest BCUT2D eigenvalue weighted by Crippen LogP contribution is 2.48. The number of pyridine rings is 1. The number of rotatable bonds is 10. The molecule has 3 aromatic carbocycles. The summed E-state index contributed by atoms with van der Waals surface area (Å²) in [6, 6.07) is 27.8. The van der Waals surface area contributed by atoms with E-state index in [-0.39, 0.29) is 24.1 Å². The molecule has 2 heterocycles. The molecule has 0 aliphatic carbocycles. The quantitative estimate of drug-likeness (QED) is 0.160. The van der Waals surface area contributed by atoms with E-state index in [0.717, 1.165) is 22.3 Å². The highest BCUT2D eigenvalue weighted by molar-refractivity contribution is 7.99. The fourth-order valence-corrected chi connectivity index (χ4v) is 6.13. The average Bonchev–Trinajstić information content (AvgIpc) is 3.04. The van der Waals surface area contributed by atoms with Gasteiger partial charge >= 0.3 is 12.0 Å². The van der Waals surface area contributed by atoms with Gasteiger partial charge in [-0.2, -0.15) is 0 Å². The summed E-state index contributed by atoms with van der Waals surface area (Å²) >= 11 is 1.33. The number of hydrogen-bond donors (Lipinski definition) is 4. The first kappa shape index (κ1) is 30.2. The van der Waals surface area contributed by atoms with Gasteiger partial charge in [-0.15, -0.1) is 11.8 Å². The number of carbonyl (C=O) groups excluding carboxylic acids is 1. The maximum Gasteiger partial charge on any atom is 0.338 e. The lowest BCUT2D eigenvalue weighted by molar-refractivity contribution is -0.255. The lowest BCUT2D eigenvalue weighted by atomic mass is 9.84. The molecule has 1 aromatic heterocycles. The van der Waals surface area contributed by atoms with Gasteiger partial charge < -0.3 is 30.3 Å². The molecule has 0 spiro atoms. The number of aromatic nitrogens is 1. The summed E-state index contributed by atoms with van der Waals surface area (Å²) in [7, 11) is 0. The Kier molecular flexibility index (Phi) is 10.1. The second-order valence-corrected chi connectivity index (χ2v) is 11.0. The Morgan fingerprint density at radius 1 is 0.907 bits per heavy atom. The Balaban J connectivity index is 1.53. The number of nitrogens with zero attached hydrogens (tertiary/aromatic N) is 1. The molecule has 222 valence electrons. The van der Waals surface area contributed by atoms with Gasteiger partial charge in [0.2, 0.25) is 0 Å². The van der Waals surface area contributed by atoms with E-state index in [2.05, 4.69) is 15.6 Å². The van der Waals surface area contributed by atoms with Crippen molar-refractivity contribution in [3.8, 4) is 0 Å². The summed E-state index contributed by atoms with van der Waals surface area (Å²) in [4.78, 5) is 28.4. The van der Waals surface area contributed by atoms with Gasteiger partial charge in [-0.25, -0.2) is 14.6 Å². The molecule has 0 saturated carbocycles. The Hall–Kier alpha value is -4.22. The molecule has 9 nitrogen and oxygen atoms in total. The van der Waals surface area contributed by atoms with Gasteiger partial charge in [0.25, 0.3) is 0 Å². The second-order valence-electron chi connectivity index (χ2n) is 9.98. The summed E-state index contributed by atoms with van der Waals surface area (Å²) in [5, 5.41) is 25.3. The molecule has 10 heteroatoms. The third-order valence-electron chi connectivity index (χ3n) is 7.11. The zero-order chi connectivity index (χ0) is 30.2. The zero-order valence-electron chi connectivity index (χ0n) is 23.6. The number of aromatic carboxylic acids is 1. The lowest BCUT2D eigenvalue weighted by Crippen LogP contribution is -2.38. The topological polar surface area (TPSA) is 130 Å². The first-order valence-corrected chi connectivity index (χ1v) is 15.0. The van der Waals surface area contributed by atoms with E-state index >= 15 is 0 Å². The molecule has 4 atom stereocenters. The SMILES string of the molecule is CCNC(=O)Nc1cccc(C2OC(CSc3ncccc3C(=O)O)C(c3ccccc3)C(c3ccc(CO)cc3)O2)c1. The molecule has 1 aliphatic heterocycles. The van der Waals surface area contributed by atoms with Gasteiger partial charge in [0.15, 0.2) is 6.29 Å². The van der Waals surface area contributed by atoms with Crippen LogP contribution in [0.3, 0.4) is 0 Å². The summed E-state index contributed by atoms with van der Waals surface area (Å²) < 4.78 is 13.4. The van der Waals surface area contributed by atoms with E-state index in [1.54, 1.807) is 24.4 Å². The van der Waals surface area contributed by atoms with Crippen LogP contribution in [0.4, 0.5) is 10.5 Å². The van der Waals surface area contributed by atoms with E-state index < -0.39 is 24.5 Å². The minimum atomic E-state index is -1.04. The summed E-state index contributed by atoms with van der Waals surface area (Å²) in [6.45, 7) is 2.27. The van der Waals surface area contributed by atoms with Gasteiger partial charge in [0, 0.05) is 35.7 Å². The van der Waals surface area contributed by atoms with Crippen molar-refractivity contribution in [1.82, 2.24) is 10.3 Å². The van der Waals surface area contributed by atoms with E-state index in [9.17, 15) is 19.8 Å². The van der Waals surface area contributed by atoms with Crippen molar-refractivity contribution in [3.63, 3.8) is 0 Å². The number of aliphatic hydroxyl groups excluding tert-OH is 1. The molecule has 4 unspecified atom stereocenters. The molecule has 2 amide bonds. The van der Waals surface area contributed by atoms with Crippen molar-refractivity contribution in [3.05, 3.63) is 125 Å². The number of nitrogens with one attached hydrogen (secondary N) is 2. The van der Waals surface area contributed by atoms with Crippen LogP contribution in [0.5, 0.6) is 0 Å². The van der Waals surface area contributed by atoms with Gasteiger partial charge in [-0.05, 0) is 47.9 Å². The molecule has 1 saturated heterocycles. The summed E-state index contributed by atoms with van der Waals surface area (Å²) in [5.74, 6) is -0.892. The van der Waals surface area contributed by atoms with Crippen LogP contribution in [0.1, 0.15) is 57.8 Å². The number of benzene rings is 3. The van der Waals surface area contributed by atoms with Gasteiger partial charge in [-0.3, -0.25) is 0 Å². The smallest absolute Gasteiger partial charge is 0.338 e. The molecule has 0 radical (unpaired) electrons. The maximum atomic E-state index is 12.2. The normalized spacial score (nSPS) is 19.9. The van der Waals surface area contributed by atoms with Crippen molar-refractivity contribution in [1.29, 1.82) is 0 Å². The number of carboxylic acid groups (broad SMARTS) is 1. The lowest BCUT2D eigenvalue weighted by Gasteiger charge is -2.43. The number of carbonyl (C=O) groups is 2. The number of ether oxygens (including phenoxy) is 2. The first-order valence-electron chi connectivity index (χ1n) is 14.0. The Morgan fingerprint density at radius 2 is 1.67 bits per heavy atom. The number of amides is 2. The standard InChI is InChI=1S/C33H33N3O6S/c1-2-34-33(40)36-25-11-6-10-24(18-25)32-41-27(20-43-30-26(31(38)39)12-7-17-35-30)28(22-8-4-3-5-9-22)29(42-32)23-15-13-21(19-37)14-16-23/h3-18,27-29,32,37H,2,19-20H2,1H3,(H,38,39)(H2,34,36,40). The van der Waals surface area contributed by atoms with Crippen molar-refractivity contribution in [2.45, 2.75) is 43.0 Å². The Labute approximate surface area is 254 Å². The molecule has 4 N–H and O–H groups in total. The molecule has 43 heavy (non-hydrogen) atoms. The molecular weight excluding hydrogens is 566 g/mol. The minimum Gasteiger partial charge on any atom is -0.478 e. The third-order valence-corrected chi connectivity index (χ3v) is 8.20. The van der Waals surface area contributed by atoms with Crippen LogP contribution in [0.15, 0.2) is 102 Å². The van der Waals surface area contributed by atoms with Crippen LogP contribution in [0, 0.1) is 0 Å². The van der Waals surface area contributed by atoms with Crippen molar-refractivity contribution in [2.24, 2.45) is 0 Å². The van der Waals surface area contributed by atoms with Crippen LogP contribution in [-0.4, -0.2) is 45.6 Å².